The number of carbonyl (C=O) groups is 1. The number of fused-ring (bicyclic) bond motifs is 1. The Morgan fingerprint density at radius 1 is 1.18 bits per heavy atom. The fraction of sp³-hybridized carbons (Fsp3) is 0.158. The number of aromatic nitrogens is 1. The Morgan fingerprint density at radius 2 is 1.96 bits per heavy atom. The largest absolute Gasteiger partial charge is 0.493 e. The molecule has 0 bridgehead atoms. The summed E-state index contributed by atoms with van der Waals surface area (Å²) in [7, 11) is -3.31. The van der Waals surface area contributed by atoms with Crippen molar-refractivity contribution in [2.75, 3.05) is 22.9 Å². The second kappa shape index (κ2) is 7.25. The van der Waals surface area contributed by atoms with Gasteiger partial charge in [0.15, 0.2) is 5.13 Å². The Kier molecular flexibility index (Phi) is 4.78. The van der Waals surface area contributed by atoms with E-state index < -0.39 is 10.0 Å². The van der Waals surface area contributed by atoms with Crippen molar-refractivity contribution in [3.8, 4) is 17.0 Å². The molecular formula is C19H17N3O4S2. The molecule has 4 rings (SSSR count). The van der Waals surface area contributed by atoms with E-state index in [0.29, 0.717) is 28.7 Å². The highest BCUT2D eigenvalue weighted by atomic mass is 32.2. The standard InChI is InChI=1S/C19H17N3O4S2/c1-28(24,25)22-15-5-2-12(3-6-15)16-11-27-19(20-16)21-18(23)14-4-7-17-13(10-14)8-9-26-17/h2-7,10-11,22H,8-9H2,1H3,(H,20,21,23). The Morgan fingerprint density at radius 3 is 2.71 bits per heavy atom. The molecule has 1 aromatic heterocycles. The lowest BCUT2D eigenvalue weighted by Gasteiger charge is -2.05. The van der Waals surface area contributed by atoms with Gasteiger partial charge < -0.3 is 4.74 Å². The summed E-state index contributed by atoms with van der Waals surface area (Å²) in [6.45, 7) is 0.648. The van der Waals surface area contributed by atoms with Gasteiger partial charge in [-0.25, -0.2) is 13.4 Å². The van der Waals surface area contributed by atoms with Crippen molar-refractivity contribution in [3.63, 3.8) is 0 Å². The van der Waals surface area contributed by atoms with Crippen molar-refractivity contribution >= 4 is 38.1 Å². The number of nitrogens with zero attached hydrogens (tertiary/aromatic N) is 1. The maximum absolute atomic E-state index is 12.5. The Labute approximate surface area is 166 Å². The van der Waals surface area contributed by atoms with E-state index in [-0.39, 0.29) is 5.91 Å². The Hall–Kier alpha value is -2.91. The monoisotopic (exact) mass is 415 g/mol. The van der Waals surface area contributed by atoms with Gasteiger partial charge in [-0.05, 0) is 35.9 Å². The zero-order chi connectivity index (χ0) is 19.7. The van der Waals surface area contributed by atoms with Crippen molar-refractivity contribution in [3.05, 3.63) is 59.0 Å². The molecule has 1 aliphatic rings. The molecule has 28 heavy (non-hydrogen) atoms. The second-order valence-electron chi connectivity index (χ2n) is 6.36. The fourth-order valence-corrected chi connectivity index (χ4v) is 4.16. The average molecular weight is 415 g/mol. The molecule has 0 radical (unpaired) electrons. The van der Waals surface area contributed by atoms with Gasteiger partial charge >= 0.3 is 0 Å². The summed E-state index contributed by atoms with van der Waals surface area (Å²) in [6, 6.07) is 12.3. The molecule has 2 aromatic carbocycles. The van der Waals surface area contributed by atoms with Crippen molar-refractivity contribution in [2.24, 2.45) is 0 Å². The highest BCUT2D eigenvalue weighted by Crippen LogP contribution is 2.28. The first-order valence-corrected chi connectivity index (χ1v) is 11.3. The molecule has 0 aliphatic carbocycles. The maximum atomic E-state index is 12.5. The molecule has 1 amide bonds. The van der Waals surface area contributed by atoms with E-state index in [0.717, 1.165) is 29.6 Å². The Balaban J connectivity index is 1.46. The van der Waals surface area contributed by atoms with Crippen LogP contribution in [0.3, 0.4) is 0 Å². The molecule has 2 heterocycles. The SMILES string of the molecule is CS(=O)(=O)Nc1ccc(-c2csc(NC(=O)c3ccc4c(c3)CCO4)n2)cc1. The molecule has 0 saturated carbocycles. The van der Waals surface area contributed by atoms with Crippen molar-refractivity contribution in [1.29, 1.82) is 0 Å². The molecule has 2 N–H and O–H groups in total. The number of hydrogen-bond acceptors (Lipinski definition) is 6. The third kappa shape index (κ3) is 4.15. The average Bonchev–Trinajstić information content (AvgIpc) is 3.29. The van der Waals surface area contributed by atoms with Gasteiger partial charge in [0.05, 0.1) is 18.6 Å². The minimum atomic E-state index is -3.31. The molecule has 0 spiro atoms. The van der Waals surface area contributed by atoms with Crippen LogP contribution in [-0.2, 0) is 16.4 Å². The van der Waals surface area contributed by atoms with E-state index in [1.165, 1.54) is 11.3 Å². The van der Waals surface area contributed by atoms with E-state index in [9.17, 15) is 13.2 Å². The predicted molar refractivity (Wildman–Crippen MR) is 110 cm³/mol. The number of benzene rings is 2. The van der Waals surface area contributed by atoms with E-state index in [1.807, 2.05) is 17.5 Å². The van der Waals surface area contributed by atoms with Crippen molar-refractivity contribution < 1.29 is 17.9 Å². The van der Waals surface area contributed by atoms with E-state index in [4.69, 9.17) is 4.74 Å². The number of anilines is 2. The van der Waals surface area contributed by atoms with E-state index in [2.05, 4.69) is 15.0 Å². The van der Waals surface area contributed by atoms with Crippen LogP contribution in [0.1, 0.15) is 15.9 Å². The van der Waals surface area contributed by atoms with Gasteiger partial charge in [0.25, 0.3) is 5.91 Å². The lowest BCUT2D eigenvalue weighted by molar-refractivity contribution is 0.102. The van der Waals surface area contributed by atoms with Gasteiger partial charge in [-0.1, -0.05) is 12.1 Å². The second-order valence-corrected chi connectivity index (χ2v) is 8.97. The summed E-state index contributed by atoms with van der Waals surface area (Å²) in [6.07, 6.45) is 1.91. The smallest absolute Gasteiger partial charge is 0.257 e. The van der Waals surface area contributed by atoms with Gasteiger partial charge in [-0.15, -0.1) is 11.3 Å². The lowest BCUT2D eigenvalue weighted by Crippen LogP contribution is -2.11. The zero-order valence-corrected chi connectivity index (χ0v) is 16.6. The van der Waals surface area contributed by atoms with Crippen molar-refractivity contribution in [2.45, 2.75) is 6.42 Å². The third-order valence-corrected chi connectivity index (χ3v) is 5.52. The lowest BCUT2D eigenvalue weighted by atomic mass is 10.1. The minimum Gasteiger partial charge on any atom is -0.493 e. The van der Waals surface area contributed by atoms with Crippen LogP contribution in [-0.4, -0.2) is 32.2 Å². The van der Waals surface area contributed by atoms with Gasteiger partial charge in [-0.3, -0.25) is 14.8 Å². The number of thiazole rings is 1. The van der Waals surface area contributed by atoms with Crippen LogP contribution in [0.2, 0.25) is 0 Å². The number of rotatable bonds is 5. The number of amides is 1. The fourth-order valence-electron chi connectivity index (χ4n) is 2.88. The highest BCUT2D eigenvalue weighted by molar-refractivity contribution is 7.92. The molecule has 0 atom stereocenters. The number of hydrogen-bond donors (Lipinski definition) is 2. The van der Waals surface area contributed by atoms with Gasteiger partial charge in [0, 0.05) is 28.6 Å². The van der Waals surface area contributed by atoms with Crippen LogP contribution < -0.4 is 14.8 Å². The molecule has 3 aromatic rings. The third-order valence-electron chi connectivity index (χ3n) is 4.16. The maximum Gasteiger partial charge on any atom is 0.257 e. The molecule has 1 aliphatic heterocycles. The van der Waals surface area contributed by atoms with Crippen LogP contribution in [0.4, 0.5) is 10.8 Å². The number of ether oxygens (including phenoxy) is 1. The van der Waals surface area contributed by atoms with Crippen LogP contribution >= 0.6 is 11.3 Å². The quantitative estimate of drug-likeness (QED) is 0.666. The first-order chi connectivity index (χ1) is 13.4. The number of nitrogens with one attached hydrogen (secondary N) is 2. The van der Waals surface area contributed by atoms with E-state index in [1.54, 1.807) is 30.3 Å². The highest BCUT2D eigenvalue weighted by Gasteiger charge is 2.16. The molecule has 9 heteroatoms. The molecule has 0 saturated heterocycles. The topological polar surface area (TPSA) is 97.4 Å². The number of carbonyl (C=O) groups excluding carboxylic acids is 1. The minimum absolute atomic E-state index is 0.219. The summed E-state index contributed by atoms with van der Waals surface area (Å²) in [5, 5.41) is 5.15. The summed E-state index contributed by atoms with van der Waals surface area (Å²) in [4.78, 5) is 16.9. The van der Waals surface area contributed by atoms with Crippen molar-refractivity contribution in [1.82, 2.24) is 4.98 Å². The van der Waals surface area contributed by atoms with E-state index >= 15 is 0 Å². The summed E-state index contributed by atoms with van der Waals surface area (Å²) >= 11 is 1.33. The molecule has 0 unspecified atom stereocenters. The molecular weight excluding hydrogens is 398 g/mol. The van der Waals surface area contributed by atoms with Crippen LogP contribution in [0.15, 0.2) is 47.8 Å². The normalized spacial score (nSPS) is 12.9. The summed E-state index contributed by atoms with van der Waals surface area (Å²) < 4.78 is 30.4. The van der Waals surface area contributed by atoms with Gasteiger partial charge in [-0.2, -0.15) is 0 Å². The van der Waals surface area contributed by atoms with Crippen LogP contribution in [0.5, 0.6) is 5.75 Å². The number of sulfonamides is 1. The van der Waals surface area contributed by atoms with Crippen LogP contribution in [0.25, 0.3) is 11.3 Å². The van der Waals surface area contributed by atoms with Gasteiger partial charge in [0.1, 0.15) is 5.75 Å². The predicted octanol–water partition coefficient (Wildman–Crippen LogP) is 3.37. The first-order valence-electron chi connectivity index (χ1n) is 8.48. The summed E-state index contributed by atoms with van der Waals surface area (Å²) in [5.74, 6) is 0.616. The molecule has 0 fully saturated rings. The Bertz CT molecular complexity index is 1140. The molecule has 7 nitrogen and oxygen atoms in total. The first kappa shape index (κ1) is 18.5. The van der Waals surface area contributed by atoms with Gasteiger partial charge in [0.2, 0.25) is 10.0 Å². The van der Waals surface area contributed by atoms with Crippen LogP contribution in [0, 0.1) is 0 Å². The zero-order valence-electron chi connectivity index (χ0n) is 14.9. The summed E-state index contributed by atoms with van der Waals surface area (Å²) in [5.41, 5.74) is 3.61. The molecule has 144 valence electrons.